The number of rotatable bonds is 18. The molecule has 0 heterocycles. The maximum absolute atomic E-state index is 11.8. The fraction of sp³-hybridized carbons (Fsp3) is 0.545. The summed E-state index contributed by atoms with van der Waals surface area (Å²) in [5.74, 6) is -2.48. The summed E-state index contributed by atoms with van der Waals surface area (Å²) < 4.78 is 14.7. The summed E-state index contributed by atoms with van der Waals surface area (Å²) in [6.45, 7) is -0.371. The fourth-order valence-electron chi connectivity index (χ4n) is 3.02. The lowest BCUT2D eigenvalue weighted by atomic mass is 10.1. The maximum atomic E-state index is 11.8. The lowest BCUT2D eigenvalue weighted by molar-refractivity contribution is -0.142. The maximum Gasteiger partial charge on any atom is 0.469 e. The molecule has 3 amide bonds. The molecular formula is C22H34N3O9P. The van der Waals surface area contributed by atoms with Gasteiger partial charge in [-0.2, -0.15) is 0 Å². The van der Waals surface area contributed by atoms with Crippen LogP contribution in [0.5, 0.6) is 0 Å². The molecule has 35 heavy (non-hydrogen) atoms. The van der Waals surface area contributed by atoms with E-state index in [-0.39, 0.29) is 31.2 Å². The normalized spacial score (nSPS) is 11.9. The van der Waals surface area contributed by atoms with Crippen LogP contribution >= 0.6 is 7.82 Å². The zero-order valence-corrected chi connectivity index (χ0v) is 20.4. The largest absolute Gasteiger partial charge is 0.480 e. The Kier molecular flexibility index (Phi) is 14.5. The van der Waals surface area contributed by atoms with Crippen LogP contribution in [0.15, 0.2) is 30.3 Å². The van der Waals surface area contributed by atoms with Crippen molar-refractivity contribution in [2.24, 2.45) is 0 Å². The summed E-state index contributed by atoms with van der Waals surface area (Å²) in [5, 5.41) is 16.4. The van der Waals surface area contributed by atoms with Gasteiger partial charge in [0.05, 0.1) is 6.61 Å². The minimum atomic E-state index is -4.87. The van der Waals surface area contributed by atoms with E-state index in [4.69, 9.17) is 14.9 Å². The molecule has 1 rings (SSSR count). The molecule has 0 unspecified atom stereocenters. The van der Waals surface area contributed by atoms with Crippen LogP contribution in [-0.4, -0.2) is 64.3 Å². The molecule has 6 N–H and O–H groups in total. The monoisotopic (exact) mass is 515 g/mol. The Morgan fingerprint density at radius 1 is 0.829 bits per heavy atom. The van der Waals surface area contributed by atoms with Gasteiger partial charge in [0, 0.05) is 32.4 Å². The highest BCUT2D eigenvalue weighted by Crippen LogP contribution is 2.35. The number of benzene rings is 1. The topological polar surface area (TPSA) is 191 Å². The number of unbranched alkanes of at least 4 members (excludes halogenated alkanes) is 2. The second-order valence-corrected chi connectivity index (χ2v) is 9.08. The number of phosphoric ester groups is 1. The molecule has 0 aromatic heterocycles. The summed E-state index contributed by atoms with van der Waals surface area (Å²) in [6, 6.07) is 8.34. The predicted octanol–water partition coefficient (Wildman–Crippen LogP) is 0.871. The van der Waals surface area contributed by atoms with Crippen LogP contribution in [0, 0.1) is 0 Å². The molecule has 1 aromatic rings. The molecule has 13 heteroatoms. The Morgan fingerprint density at radius 2 is 1.46 bits per heavy atom. The van der Waals surface area contributed by atoms with E-state index in [1.54, 1.807) is 0 Å². The number of carboxylic acids is 1. The first-order valence-corrected chi connectivity index (χ1v) is 12.9. The van der Waals surface area contributed by atoms with Crippen LogP contribution in [0.3, 0.4) is 0 Å². The van der Waals surface area contributed by atoms with E-state index >= 15 is 0 Å². The van der Waals surface area contributed by atoms with Crippen LogP contribution in [0.2, 0.25) is 0 Å². The van der Waals surface area contributed by atoms with Crippen LogP contribution in [0.1, 0.15) is 50.5 Å². The summed E-state index contributed by atoms with van der Waals surface area (Å²) in [5.41, 5.74) is 1.21. The molecule has 0 saturated heterocycles. The van der Waals surface area contributed by atoms with Gasteiger partial charge in [-0.1, -0.05) is 36.8 Å². The molecule has 0 aliphatic heterocycles. The summed E-state index contributed by atoms with van der Waals surface area (Å²) in [4.78, 5) is 63.7. The van der Waals surface area contributed by atoms with Gasteiger partial charge in [0.1, 0.15) is 0 Å². The number of hydrogen-bond donors (Lipinski definition) is 6. The van der Waals surface area contributed by atoms with Gasteiger partial charge in [-0.3, -0.25) is 18.9 Å². The molecule has 0 saturated carbocycles. The minimum Gasteiger partial charge on any atom is -0.480 e. The Balaban J connectivity index is 2.05. The first-order valence-electron chi connectivity index (χ1n) is 11.4. The number of carboxylic acid groups (broad SMARTS) is 1. The van der Waals surface area contributed by atoms with Crippen molar-refractivity contribution in [2.75, 3.05) is 19.7 Å². The van der Waals surface area contributed by atoms with Gasteiger partial charge >= 0.3 is 13.8 Å². The molecule has 12 nitrogen and oxygen atoms in total. The Hall–Kier alpha value is -2.79. The number of carbonyl (C=O) groups excluding carboxylic acids is 3. The Bertz CT molecular complexity index is 861. The van der Waals surface area contributed by atoms with Gasteiger partial charge in [0.15, 0.2) is 6.04 Å². The van der Waals surface area contributed by atoms with Gasteiger partial charge in [-0.25, -0.2) is 9.36 Å². The van der Waals surface area contributed by atoms with Crippen molar-refractivity contribution in [1.82, 2.24) is 16.0 Å². The Labute approximate surface area is 204 Å². The number of phosphoric acid groups is 1. The average Bonchev–Trinajstić information content (AvgIpc) is 2.78. The van der Waals surface area contributed by atoms with E-state index < -0.39 is 32.3 Å². The number of aliphatic carboxylic acids is 1. The van der Waals surface area contributed by atoms with Crippen LogP contribution < -0.4 is 16.0 Å². The highest BCUT2D eigenvalue weighted by atomic mass is 31.2. The lowest BCUT2D eigenvalue weighted by Gasteiger charge is -2.15. The molecule has 0 aliphatic rings. The van der Waals surface area contributed by atoms with Crippen molar-refractivity contribution in [1.29, 1.82) is 0 Å². The van der Waals surface area contributed by atoms with Gasteiger partial charge in [-0.15, -0.1) is 0 Å². The molecule has 1 atom stereocenters. The van der Waals surface area contributed by atoms with Crippen molar-refractivity contribution >= 4 is 31.5 Å². The van der Waals surface area contributed by atoms with E-state index in [0.29, 0.717) is 19.4 Å². The molecule has 0 bridgehead atoms. The minimum absolute atomic E-state index is 0.00961. The zero-order chi connectivity index (χ0) is 26.1. The molecule has 0 spiro atoms. The van der Waals surface area contributed by atoms with Crippen LogP contribution in [-0.2, 0) is 34.7 Å². The van der Waals surface area contributed by atoms with Crippen LogP contribution in [0.25, 0.3) is 0 Å². The van der Waals surface area contributed by atoms with E-state index in [2.05, 4.69) is 20.5 Å². The summed E-state index contributed by atoms with van der Waals surface area (Å²) >= 11 is 0. The summed E-state index contributed by atoms with van der Waals surface area (Å²) in [7, 11) is -4.87. The van der Waals surface area contributed by atoms with Crippen molar-refractivity contribution in [2.45, 2.75) is 57.4 Å². The third kappa shape index (κ3) is 16.5. The SMILES string of the molecule is O=C(CCCc1ccccc1)NCCCCCC(=O)NCCC(=O)N[C@@H](COP(=O)(O)O)C(=O)O. The Morgan fingerprint density at radius 3 is 2.09 bits per heavy atom. The third-order valence-electron chi connectivity index (χ3n) is 4.83. The van der Waals surface area contributed by atoms with E-state index in [1.165, 1.54) is 5.56 Å². The van der Waals surface area contributed by atoms with Crippen molar-refractivity contribution in [3.63, 3.8) is 0 Å². The number of nitrogens with one attached hydrogen (secondary N) is 3. The molecular weight excluding hydrogens is 481 g/mol. The van der Waals surface area contributed by atoms with Crippen molar-refractivity contribution in [3.05, 3.63) is 35.9 Å². The highest BCUT2D eigenvalue weighted by Gasteiger charge is 2.24. The fourth-order valence-corrected chi connectivity index (χ4v) is 3.36. The predicted molar refractivity (Wildman–Crippen MR) is 126 cm³/mol. The van der Waals surface area contributed by atoms with Crippen LogP contribution in [0.4, 0.5) is 0 Å². The number of carbonyl (C=O) groups is 4. The standard InChI is InChI=1S/C22H34N3O9P/c26-19(24-15-13-21(28)25-18(22(29)30)16-34-35(31,32)33)11-5-2-6-14-23-20(27)12-7-10-17-8-3-1-4-9-17/h1,3-4,8-9,18H,2,5-7,10-16H2,(H,23,27)(H,24,26)(H,25,28)(H,29,30)(H2,31,32,33)/t18-/m0/s1. The smallest absolute Gasteiger partial charge is 0.469 e. The van der Waals surface area contributed by atoms with E-state index in [1.807, 2.05) is 30.3 Å². The van der Waals surface area contributed by atoms with Gasteiger partial charge in [0.25, 0.3) is 0 Å². The number of aryl methyl sites for hydroxylation is 1. The molecule has 0 radical (unpaired) electrons. The van der Waals surface area contributed by atoms with Gasteiger partial charge < -0.3 is 30.8 Å². The van der Waals surface area contributed by atoms with Crippen molar-refractivity contribution < 1.29 is 43.2 Å². The van der Waals surface area contributed by atoms with Gasteiger partial charge in [0.2, 0.25) is 17.7 Å². The first kappa shape index (κ1) is 30.2. The second kappa shape index (κ2) is 16.8. The third-order valence-corrected chi connectivity index (χ3v) is 5.32. The quantitative estimate of drug-likeness (QED) is 0.122. The molecule has 1 aromatic carbocycles. The number of hydrogen-bond acceptors (Lipinski definition) is 6. The molecule has 196 valence electrons. The van der Waals surface area contributed by atoms with Crippen molar-refractivity contribution in [3.8, 4) is 0 Å². The number of amides is 3. The summed E-state index contributed by atoms with van der Waals surface area (Å²) in [6.07, 6.45) is 4.26. The molecule has 0 aliphatic carbocycles. The van der Waals surface area contributed by atoms with Gasteiger partial charge in [-0.05, 0) is 31.2 Å². The average molecular weight is 516 g/mol. The molecule has 0 fully saturated rings. The van der Waals surface area contributed by atoms with E-state index in [0.717, 1.165) is 25.7 Å². The first-order chi connectivity index (χ1) is 16.6. The highest BCUT2D eigenvalue weighted by molar-refractivity contribution is 7.46. The zero-order valence-electron chi connectivity index (χ0n) is 19.5. The van der Waals surface area contributed by atoms with E-state index in [9.17, 15) is 23.7 Å². The second-order valence-electron chi connectivity index (χ2n) is 7.84. The lowest BCUT2D eigenvalue weighted by Crippen LogP contribution is -2.44.